The van der Waals surface area contributed by atoms with Crippen molar-refractivity contribution in [1.82, 2.24) is 10.2 Å². The molecule has 1 aromatic carbocycles. The van der Waals surface area contributed by atoms with Crippen LogP contribution >= 0.6 is 15.9 Å². The lowest BCUT2D eigenvalue weighted by molar-refractivity contribution is 0.177. The molecule has 0 bridgehead atoms. The second kappa shape index (κ2) is 6.64. The highest BCUT2D eigenvalue weighted by atomic mass is 79.9. The number of nitrogens with one attached hydrogen (secondary N) is 1. The topological polar surface area (TPSA) is 37.6 Å². The summed E-state index contributed by atoms with van der Waals surface area (Å²) in [5.74, 6) is 1.84. The molecule has 1 aliphatic rings. The predicted molar refractivity (Wildman–Crippen MR) is 85.7 cm³/mol. The van der Waals surface area contributed by atoms with Gasteiger partial charge in [-0.3, -0.25) is 4.90 Å². The molecule has 1 fully saturated rings. The lowest BCUT2D eigenvalue weighted by atomic mass is 10.0. The van der Waals surface area contributed by atoms with Gasteiger partial charge in [-0.2, -0.15) is 0 Å². The van der Waals surface area contributed by atoms with Crippen LogP contribution in [0.25, 0.3) is 0 Å². The molecule has 2 heterocycles. The highest BCUT2D eigenvalue weighted by Gasteiger charge is 2.28. The first-order valence-electron chi connectivity index (χ1n) is 7.11. The second-order valence-electron chi connectivity index (χ2n) is 5.09. The molecular formula is C16H19BrN2O2. The third kappa shape index (κ3) is 3.15. The largest absolute Gasteiger partial charge is 0.496 e. The Kier molecular flexibility index (Phi) is 4.63. The molecule has 0 radical (unpaired) electrons. The maximum Gasteiger partial charge on any atom is 0.125 e. The molecule has 0 amide bonds. The lowest BCUT2D eigenvalue weighted by Gasteiger charge is -2.34. The number of hydrogen-bond acceptors (Lipinski definition) is 4. The molecule has 1 saturated heterocycles. The van der Waals surface area contributed by atoms with Gasteiger partial charge < -0.3 is 14.5 Å². The van der Waals surface area contributed by atoms with E-state index in [0.29, 0.717) is 0 Å². The zero-order valence-corrected chi connectivity index (χ0v) is 13.6. The van der Waals surface area contributed by atoms with E-state index in [1.165, 1.54) is 0 Å². The van der Waals surface area contributed by atoms with E-state index in [1.54, 1.807) is 13.4 Å². The van der Waals surface area contributed by atoms with Crippen molar-refractivity contribution in [2.24, 2.45) is 0 Å². The minimum Gasteiger partial charge on any atom is -0.496 e. The van der Waals surface area contributed by atoms with Gasteiger partial charge in [0.15, 0.2) is 0 Å². The Balaban J connectivity index is 2.04. The molecule has 4 nitrogen and oxygen atoms in total. The van der Waals surface area contributed by atoms with E-state index in [9.17, 15) is 0 Å². The molecule has 1 N–H and O–H groups in total. The van der Waals surface area contributed by atoms with Crippen LogP contribution in [0.2, 0.25) is 0 Å². The number of methoxy groups -OCH3 is 1. The summed E-state index contributed by atoms with van der Waals surface area (Å²) in [6.45, 7) is 3.96. The van der Waals surface area contributed by atoms with E-state index in [-0.39, 0.29) is 6.04 Å². The van der Waals surface area contributed by atoms with Gasteiger partial charge in [0.05, 0.1) is 19.4 Å². The predicted octanol–water partition coefficient (Wildman–Crippen LogP) is 3.05. The normalized spacial score (nSPS) is 17.6. The molecule has 0 aliphatic carbocycles. The van der Waals surface area contributed by atoms with E-state index in [4.69, 9.17) is 9.15 Å². The summed E-state index contributed by atoms with van der Waals surface area (Å²) >= 11 is 3.56. The number of nitrogens with zero attached hydrogens (tertiary/aromatic N) is 1. The van der Waals surface area contributed by atoms with Crippen LogP contribution in [-0.4, -0.2) is 38.2 Å². The molecule has 0 saturated carbocycles. The van der Waals surface area contributed by atoms with Crippen molar-refractivity contribution in [3.63, 3.8) is 0 Å². The van der Waals surface area contributed by atoms with Crippen LogP contribution < -0.4 is 10.1 Å². The summed E-state index contributed by atoms with van der Waals surface area (Å²) in [5.41, 5.74) is 1.13. The Labute approximate surface area is 133 Å². The Morgan fingerprint density at radius 3 is 2.76 bits per heavy atom. The highest BCUT2D eigenvalue weighted by Crippen LogP contribution is 2.36. The van der Waals surface area contributed by atoms with Gasteiger partial charge in [0.1, 0.15) is 11.5 Å². The Morgan fingerprint density at radius 2 is 2.10 bits per heavy atom. The van der Waals surface area contributed by atoms with Crippen molar-refractivity contribution < 1.29 is 9.15 Å². The van der Waals surface area contributed by atoms with Gasteiger partial charge in [0.2, 0.25) is 0 Å². The van der Waals surface area contributed by atoms with Gasteiger partial charge in [0.25, 0.3) is 0 Å². The summed E-state index contributed by atoms with van der Waals surface area (Å²) in [6, 6.07) is 10.2. The van der Waals surface area contributed by atoms with E-state index in [0.717, 1.165) is 47.7 Å². The smallest absolute Gasteiger partial charge is 0.125 e. The fourth-order valence-corrected chi connectivity index (χ4v) is 3.21. The van der Waals surface area contributed by atoms with Crippen LogP contribution in [0.4, 0.5) is 0 Å². The molecule has 1 aromatic heterocycles. The van der Waals surface area contributed by atoms with Crippen LogP contribution in [0.15, 0.2) is 45.5 Å². The fraction of sp³-hybridized carbons (Fsp3) is 0.375. The first-order chi connectivity index (χ1) is 10.3. The van der Waals surface area contributed by atoms with Gasteiger partial charge >= 0.3 is 0 Å². The number of halogens is 1. The number of ether oxygens (including phenoxy) is 1. The van der Waals surface area contributed by atoms with Crippen LogP contribution in [0.3, 0.4) is 0 Å². The Morgan fingerprint density at radius 1 is 1.29 bits per heavy atom. The van der Waals surface area contributed by atoms with Gasteiger partial charge in [-0.05, 0) is 30.3 Å². The third-order valence-corrected chi connectivity index (χ3v) is 4.31. The summed E-state index contributed by atoms with van der Waals surface area (Å²) < 4.78 is 12.3. The van der Waals surface area contributed by atoms with E-state index < -0.39 is 0 Å². The van der Waals surface area contributed by atoms with Crippen LogP contribution in [0.5, 0.6) is 5.75 Å². The highest BCUT2D eigenvalue weighted by molar-refractivity contribution is 9.10. The average Bonchev–Trinajstić information content (AvgIpc) is 3.03. The van der Waals surface area contributed by atoms with Crippen molar-refractivity contribution in [3.8, 4) is 5.75 Å². The lowest BCUT2D eigenvalue weighted by Crippen LogP contribution is -2.45. The molecule has 21 heavy (non-hydrogen) atoms. The molecular weight excluding hydrogens is 332 g/mol. The first-order valence-corrected chi connectivity index (χ1v) is 7.90. The summed E-state index contributed by atoms with van der Waals surface area (Å²) in [7, 11) is 1.71. The van der Waals surface area contributed by atoms with Gasteiger partial charge in [-0.1, -0.05) is 15.9 Å². The monoisotopic (exact) mass is 350 g/mol. The Bertz CT molecular complexity index is 580. The third-order valence-electron chi connectivity index (χ3n) is 3.82. The molecule has 1 unspecified atom stereocenters. The average molecular weight is 351 g/mol. The molecule has 3 rings (SSSR count). The fourth-order valence-electron chi connectivity index (χ4n) is 2.84. The van der Waals surface area contributed by atoms with Gasteiger partial charge in [-0.25, -0.2) is 0 Å². The zero-order valence-electron chi connectivity index (χ0n) is 12.0. The molecule has 2 aromatic rings. The SMILES string of the molecule is COc1ccc(Br)cc1C(c1ccco1)N1CCNCC1. The maximum absolute atomic E-state index is 5.71. The summed E-state index contributed by atoms with van der Waals surface area (Å²) in [5, 5.41) is 3.39. The molecule has 1 atom stereocenters. The van der Waals surface area contributed by atoms with E-state index >= 15 is 0 Å². The van der Waals surface area contributed by atoms with Crippen LogP contribution in [-0.2, 0) is 0 Å². The molecule has 5 heteroatoms. The minimum absolute atomic E-state index is 0.0783. The number of furan rings is 1. The first kappa shape index (κ1) is 14.6. The maximum atomic E-state index is 5.71. The summed E-state index contributed by atoms with van der Waals surface area (Å²) in [6.07, 6.45) is 1.73. The summed E-state index contributed by atoms with van der Waals surface area (Å²) in [4.78, 5) is 2.43. The van der Waals surface area contributed by atoms with Gasteiger partial charge in [0, 0.05) is 36.2 Å². The van der Waals surface area contributed by atoms with Gasteiger partial charge in [-0.15, -0.1) is 0 Å². The Hall–Kier alpha value is -1.30. The van der Waals surface area contributed by atoms with Crippen molar-refractivity contribution in [2.45, 2.75) is 6.04 Å². The number of benzene rings is 1. The number of hydrogen-bond donors (Lipinski definition) is 1. The number of piperazine rings is 1. The molecule has 0 spiro atoms. The molecule has 1 aliphatic heterocycles. The zero-order chi connectivity index (χ0) is 14.7. The van der Waals surface area contributed by atoms with Crippen LogP contribution in [0, 0.1) is 0 Å². The number of rotatable bonds is 4. The van der Waals surface area contributed by atoms with Crippen molar-refractivity contribution in [1.29, 1.82) is 0 Å². The van der Waals surface area contributed by atoms with E-state index in [1.807, 2.05) is 24.3 Å². The molecule has 112 valence electrons. The van der Waals surface area contributed by atoms with Crippen LogP contribution in [0.1, 0.15) is 17.4 Å². The second-order valence-corrected chi connectivity index (χ2v) is 6.01. The van der Waals surface area contributed by atoms with Crippen molar-refractivity contribution in [2.75, 3.05) is 33.3 Å². The van der Waals surface area contributed by atoms with Crippen molar-refractivity contribution in [3.05, 3.63) is 52.4 Å². The quantitative estimate of drug-likeness (QED) is 0.919. The van der Waals surface area contributed by atoms with E-state index in [2.05, 4.69) is 32.2 Å². The minimum atomic E-state index is 0.0783. The standard InChI is InChI=1S/C16H19BrN2O2/c1-20-14-5-4-12(17)11-13(14)16(15-3-2-10-21-15)19-8-6-18-7-9-19/h2-5,10-11,16,18H,6-9H2,1H3. The van der Waals surface area contributed by atoms with Crippen molar-refractivity contribution >= 4 is 15.9 Å².